The Morgan fingerprint density at radius 1 is 1.28 bits per heavy atom. The van der Waals surface area contributed by atoms with Crippen molar-refractivity contribution in [3.05, 3.63) is 22.4 Å². The molecule has 2 rings (SSSR count). The van der Waals surface area contributed by atoms with Crippen LogP contribution in [0.2, 0.25) is 0 Å². The molecule has 1 heterocycles. The predicted octanol–water partition coefficient (Wildman–Crippen LogP) is 3.26. The van der Waals surface area contributed by atoms with Gasteiger partial charge in [-0.1, -0.05) is 39.2 Å². The summed E-state index contributed by atoms with van der Waals surface area (Å²) in [4.78, 5) is 17.6. The van der Waals surface area contributed by atoms with Gasteiger partial charge in [0.2, 0.25) is 5.91 Å². The van der Waals surface area contributed by atoms with Gasteiger partial charge >= 0.3 is 0 Å². The van der Waals surface area contributed by atoms with Gasteiger partial charge in [-0.05, 0) is 24.3 Å². The van der Waals surface area contributed by atoms with Crippen molar-refractivity contribution < 1.29 is 4.79 Å². The molecular weight excluding hydrogens is 447 g/mol. The van der Waals surface area contributed by atoms with Crippen molar-refractivity contribution in [1.82, 2.24) is 16.0 Å². The smallest absolute Gasteiger partial charge is 0.239 e. The molecule has 142 valence electrons. The van der Waals surface area contributed by atoms with Crippen LogP contribution in [0.1, 0.15) is 50.8 Å². The third kappa shape index (κ3) is 7.52. The Bertz CT molecular complexity index is 539. The molecule has 3 N–H and O–H groups in total. The number of amides is 1. The monoisotopic (exact) mass is 478 g/mol. The zero-order valence-corrected chi connectivity index (χ0v) is 18.6. The molecule has 1 saturated carbocycles. The Balaban J connectivity index is 0.00000312. The maximum absolute atomic E-state index is 12.1. The molecule has 5 nitrogen and oxygen atoms in total. The van der Waals surface area contributed by atoms with E-state index in [1.165, 1.54) is 24.1 Å². The minimum Gasteiger partial charge on any atom is -0.356 e. The van der Waals surface area contributed by atoms with Crippen LogP contribution in [-0.2, 0) is 10.2 Å². The van der Waals surface area contributed by atoms with E-state index in [9.17, 15) is 4.79 Å². The first-order chi connectivity index (χ1) is 11.5. The maximum atomic E-state index is 12.1. The van der Waals surface area contributed by atoms with Gasteiger partial charge < -0.3 is 16.0 Å². The normalized spacial score (nSPS) is 16.0. The lowest BCUT2D eigenvalue weighted by atomic mass is 9.91. The number of nitrogens with zero attached hydrogens (tertiary/aromatic N) is 1. The highest BCUT2D eigenvalue weighted by Gasteiger charge is 2.22. The van der Waals surface area contributed by atoms with Crippen LogP contribution in [0.4, 0.5) is 0 Å². The summed E-state index contributed by atoms with van der Waals surface area (Å²) in [6.07, 6.45) is 5.95. The number of aliphatic imine (C=N–C) groups is 1. The van der Waals surface area contributed by atoms with Gasteiger partial charge in [0, 0.05) is 29.9 Å². The third-order valence-electron chi connectivity index (χ3n) is 4.50. The average Bonchev–Trinajstić information content (AvgIpc) is 3.11. The summed E-state index contributed by atoms with van der Waals surface area (Å²) < 4.78 is 0. The van der Waals surface area contributed by atoms with Crippen LogP contribution in [0.15, 0.2) is 22.5 Å². The summed E-state index contributed by atoms with van der Waals surface area (Å²) in [7, 11) is 1.73. The van der Waals surface area contributed by atoms with Crippen molar-refractivity contribution in [2.24, 2.45) is 4.99 Å². The fraction of sp³-hybridized carbons (Fsp3) is 0.667. The zero-order chi connectivity index (χ0) is 17.4. The van der Waals surface area contributed by atoms with Gasteiger partial charge in [-0.25, -0.2) is 0 Å². The summed E-state index contributed by atoms with van der Waals surface area (Å²) in [5.74, 6) is 0.709. The number of hydrogen-bond acceptors (Lipinski definition) is 3. The van der Waals surface area contributed by atoms with E-state index in [1.807, 2.05) is 0 Å². The van der Waals surface area contributed by atoms with Crippen LogP contribution >= 0.6 is 35.3 Å². The molecule has 1 aromatic rings. The van der Waals surface area contributed by atoms with Gasteiger partial charge in [0.15, 0.2) is 5.96 Å². The quantitative estimate of drug-likeness (QED) is 0.334. The van der Waals surface area contributed by atoms with Crippen molar-refractivity contribution in [2.75, 3.05) is 20.1 Å². The Morgan fingerprint density at radius 3 is 2.60 bits per heavy atom. The molecule has 0 atom stereocenters. The number of carbonyl (C=O) groups excluding carboxylic acids is 1. The third-order valence-corrected chi connectivity index (χ3v) is 5.73. The standard InChI is InChI=1S/C18H30N4OS.HI/c1-18(2,15-10-7-11-24-15)13-21-17(19-3)20-12-16(23)22-14-8-5-4-6-9-14;/h7,10-11,14H,4-6,8-9,12-13H2,1-3H3,(H,22,23)(H2,19,20,21);1H. The second-order valence-corrected chi connectivity index (χ2v) is 7.99. The highest BCUT2D eigenvalue weighted by Crippen LogP contribution is 2.26. The lowest BCUT2D eigenvalue weighted by Crippen LogP contribution is -2.48. The van der Waals surface area contributed by atoms with Gasteiger partial charge in [-0.2, -0.15) is 0 Å². The molecule has 1 amide bonds. The minimum atomic E-state index is 0. The first-order valence-electron chi connectivity index (χ1n) is 8.79. The predicted molar refractivity (Wildman–Crippen MR) is 117 cm³/mol. The minimum absolute atomic E-state index is 0. The van der Waals surface area contributed by atoms with Crippen LogP contribution in [0.5, 0.6) is 0 Å². The summed E-state index contributed by atoms with van der Waals surface area (Å²) in [6, 6.07) is 4.57. The number of carbonyl (C=O) groups is 1. The van der Waals surface area contributed by atoms with Crippen LogP contribution < -0.4 is 16.0 Å². The molecule has 0 aliphatic heterocycles. The van der Waals surface area contributed by atoms with Crippen LogP contribution in [0.25, 0.3) is 0 Å². The molecule has 1 fully saturated rings. The number of nitrogens with one attached hydrogen (secondary N) is 3. The summed E-state index contributed by atoms with van der Waals surface area (Å²) in [5, 5.41) is 11.6. The number of hydrogen-bond donors (Lipinski definition) is 3. The second kappa shape index (κ2) is 11.0. The van der Waals surface area contributed by atoms with Crippen molar-refractivity contribution in [3.8, 4) is 0 Å². The molecule has 0 bridgehead atoms. The van der Waals surface area contributed by atoms with E-state index >= 15 is 0 Å². The van der Waals surface area contributed by atoms with Crippen LogP contribution in [0.3, 0.4) is 0 Å². The molecular formula is C18H31IN4OS. The van der Waals surface area contributed by atoms with E-state index in [0.717, 1.165) is 19.4 Å². The summed E-state index contributed by atoms with van der Waals surface area (Å²) in [5.41, 5.74) is 0.0240. The van der Waals surface area contributed by atoms with Crippen molar-refractivity contribution >= 4 is 47.2 Å². The highest BCUT2D eigenvalue weighted by atomic mass is 127. The molecule has 0 radical (unpaired) electrons. The number of rotatable bonds is 6. The van der Waals surface area contributed by atoms with Crippen molar-refractivity contribution in [1.29, 1.82) is 0 Å². The van der Waals surface area contributed by atoms with E-state index < -0.39 is 0 Å². The first kappa shape index (κ1) is 22.2. The van der Waals surface area contributed by atoms with E-state index in [-0.39, 0.29) is 41.8 Å². The largest absolute Gasteiger partial charge is 0.356 e. The van der Waals surface area contributed by atoms with E-state index in [4.69, 9.17) is 0 Å². The molecule has 1 aliphatic carbocycles. The Kier molecular flexibility index (Phi) is 9.78. The maximum Gasteiger partial charge on any atom is 0.239 e. The fourth-order valence-electron chi connectivity index (χ4n) is 2.97. The molecule has 25 heavy (non-hydrogen) atoms. The van der Waals surface area contributed by atoms with Crippen molar-refractivity contribution in [3.63, 3.8) is 0 Å². The second-order valence-electron chi connectivity index (χ2n) is 7.04. The van der Waals surface area contributed by atoms with Gasteiger partial charge in [-0.3, -0.25) is 9.79 Å². The molecule has 0 aromatic carbocycles. The molecule has 0 spiro atoms. The summed E-state index contributed by atoms with van der Waals surface area (Å²) in [6.45, 7) is 5.43. The van der Waals surface area contributed by atoms with Gasteiger partial charge in [0.25, 0.3) is 0 Å². The SMILES string of the molecule is CN=C(NCC(=O)NC1CCCCC1)NCC(C)(C)c1cccs1.I. The lowest BCUT2D eigenvalue weighted by Gasteiger charge is -2.25. The topological polar surface area (TPSA) is 65.5 Å². The van der Waals surface area contributed by atoms with Gasteiger partial charge in [-0.15, -0.1) is 35.3 Å². The Labute approximate surface area is 172 Å². The van der Waals surface area contributed by atoms with Crippen LogP contribution in [-0.4, -0.2) is 38.0 Å². The van der Waals surface area contributed by atoms with Crippen LogP contribution in [0, 0.1) is 0 Å². The molecule has 0 unspecified atom stereocenters. The first-order valence-corrected chi connectivity index (χ1v) is 9.67. The molecule has 0 saturated heterocycles. The molecule has 1 aromatic heterocycles. The average molecular weight is 478 g/mol. The van der Waals surface area contributed by atoms with E-state index in [0.29, 0.717) is 12.0 Å². The Hall–Kier alpha value is -0.830. The Morgan fingerprint density at radius 2 is 2.00 bits per heavy atom. The fourth-order valence-corrected chi connectivity index (χ4v) is 3.82. The summed E-state index contributed by atoms with van der Waals surface area (Å²) >= 11 is 1.76. The van der Waals surface area contributed by atoms with Gasteiger partial charge in [0.05, 0.1) is 6.54 Å². The highest BCUT2D eigenvalue weighted by molar-refractivity contribution is 14.0. The molecule has 7 heteroatoms. The zero-order valence-electron chi connectivity index (χ0n) is 15.4. The van der Waals surface area contributed by atoms with E-state index in [2.05, 4.69) is 52.3 Å². The lowest BCUT2D eigenvalue weighted by molar-refractivity contribution is -0.120. The van der Waals surface area contributed by atoms with Gasteiger partial charge in [0.1, 0.15) is 0 Å². The van der Waals surface area contributed by atoms with Crippen molar-refractivity contribution in [2.45, 2.75) is 57.4 Å². The molecule has 1 aliphatic rings. The number of thiophene rings is 1. The number of halogens is 1. The van der Waals surface area contributed by atoms with E-state index in [1.54, 1.807) is 18.4 Å². The number of guanidine groups is 1.